The van der Waals surface area contributed by atoms with Gasteiger partial charge in [0.05, 0.1) is 0 Å². The van der Waals surface area contributed by atoms with Crippen LogP contribution in [0.15, 0.2) is 0 Å². The largest absolute Gasteiger partial charge is 0.385 e. The fourth-order valence-corrected chi connectivity index (χ4v) is 0. The zero-order chi connectivity index (χ0) is 3.58. The summed E-state index contributed by atoms with van der Waals surface area (Å²) in [6.45, 7) is 0. The third-order valence-electron chi connectivity index (χ3n) is 0. The van der Waals surface area contributed by atoms with Crippen molar-refractivity contribution in [2.24, 2.45) is 5.73 Å². The fraction of sp³-hybridized carbons (Fsp3) is 0. The minimum Gasteiger partial charge on any atom is -0.385 e. The summed E-state index contributed by atoms with van der Waals surface area (Å²) in [6, 6.07) is 0. The number of nitrogens with two attached hydrogens (primary N) is 1. The average molecular weight is 172 g/mol. The van der Waals surface area contributed by atoms with Crippen molar-refractivity contribution < 1.29 is 0 Å². The molecule has 0 saturated carbocycles. The van der Waals surface area contributed by atoms with E-state index in [0.717, 1.165) is 0 Å². The monoisotopic (exact) mass is 173 g/mol. The van der Waals surface area contributed by atoms with Gasteiger partial charge in [0.15, 0.2) is 0 Å². The van der Waals surface area contributed by atoms with E-state index in [1.165, 1.54) is 0 Å². The van der Waals surface area contributed by atoms with Crippen LogP contribution in [0.5, 0.6) is 0 Å². The molecule has 0 spiro atoms. The molecule has 0 aliphatic carbocycles. The molecular formula is CH3NS2Se. The Hall–Kier alpha value is 0.759. The molecule has 0 aliphatic heterocycles. The summed E-state index contributed by atoms with van der Waals surface area (Å²) in [4.78, 5) is 0. The zero-order valence-corrected chi connectivity index (χ0v) is 5.77. The normalized spacial score (nSPS) is 5.00. The summed E-state index contributed by atoms with van der Waals surface area (Å²) in [5.41, 5.74) is 4.71. The van der Waals surface area contributed by atoms with Crippen LogP contribution in [-0.4, -0.2) is 21.4 Å². The number of hydrogen-bond acceptors (Lipinski definition) is 1. The van der Waals surface area contributed by atoms with E-state index in [-0.39, 0.29) is 21.4 Å². The Morgan fingerprint density at radius 1 is 1.80 bits per heavy atom. The molecule has 0 fully saturated rings. The second kappa shape index (κ2) is 4.76. The minimum atomic E-state index is 0. The van der Waals surface area contributed by atoms with Crippen molar-refractivity contribution in [1.82, 2.24) is 0 Å². The Bertz CT molecular complexity index is 32.6. The summed E-state index contributed by atoms with van der Waals surface area (Å²) in [5, 5.41) is 0. The molecule has 2 N–H and O–H groups in total. The van der Waals surface area contributed by atoms with Gasteiger partial charge in [0.25, 0.3) is 0 Å². The Morgan fingerprint density at radius 3 is 1.80 bits per heavy atom. The van der Waals surface area contributed by atoms with E-state index < -0.39 is 0 Å². The van der Waals surface area contributed by atoms with Gasteiger partial charge in [-0.3, -0.25) is 0 Å². The van der Waals surface area contributed by atoms with Gasteiger partial charge in [0, 0.05) is 17.1 Å². The van der Waals surface area contributed by atoms with Gasteiger partial charge in [-0.25, -0.2) is 0 Å². The van der Waals surface area contributed by atoms with Crippen molar-refractivity contribution in [3.8, 4) is 0 Å². The SMILES string of the molecule is NC(=S)S.[Se]. The molecule has 0 unspecified atom stereocenters. The van der Waals surface area contributed by atoms with Crippen LogP contribution in [0.4, 0.5) is 0 Å². The first kappa shape index (κ1) is 9.23. The van der Waals surface area contributed by atoms with Crippen molar-refractivity contribution in [3.63, 3.8) is 0 Å². The van der Waals surface area contributed by atoms with Gasteiger partial charge in [0.2, 0.25) is 0 Å². The van der Waals surface area contributed by atoms with Gasteiger partial charge in [-0.05, 0) is 0 Å². The Morgan fingerprint density at radius 2 is 1.80 bits per heavy atom. The quantitative estimate of drug-likeness (QED) is 0.300. The number of hydrogen-bond donors (Lipinski definition) is 2. The van der Waals surface area contributed by atoms with Crippen LogP contribution in [0.1, 0.15) is 0 Å². The molecule has 0 aromatic rings. The molecule has 0 aromatic carbocycles. The molecule has 0 atom stereocenters. The molecule has 0 bridgehead atoms. The van der Waals surface area contributed by atoms with Crippen LogP contribution in [-0.2, 0) is 0 Å². The summed E-state index contributed by atoms with van der Waals surface area (Å²) in [5.74, 6) is 0. The molecule has 2 radical (unpaired) electrons. The predicted octanol–water partition coefficient (Wildman–Crippen LogP) is -0.221. The van der Waals surface area contributed by atoms with E-state index in [4.69, 9.17) is 5.73 Å². The fourth-order valence-electron chi connectivity index (χ4n) is 0. The van der Waals surface area contributed by atoms with Crippen LogP contribution in [0.2, 0.25) is 0 Å². The van der Waals surface area contributed by atoms with Gasteiger partial charge in [0.1, 0.15) is 4.32 Å². The van der Waals surface area contributed by atoms with Crippen LogP contribution in [0, 0.1) is 0 Å². The third-order valence-corrected chi connectivity index (χ3v) is 0. The Labute approximate surface area is 52.2 Å². The molecule has 1 nitrogen and oxygen atoms in total. The summed E-state index contributed by atoms with van der Waals surface area (Å²) >= 11 is 7.65. The summed E-state index contributed by atoms with van der Waals surface area (Å²) in [7, 11) is 0. The van der Waals surface area contributed by atoms with Crippen LogP contribution >= 0.6 is 24.8 Å². The second-order valence-corrected chi connectivity index (χ2v) is 1.56. The third kappa shape index (κ3) is 62.8. The molecule has 30 valence electrons. The Balaban J connectivity index is 0. The molecule has 5 heavy (non-hydrogen) atoms. The van der Waals surface area contributed by atoms with Crippen molar-refractivity contribution >= 4 is 46.2 Å². The first-order valence-electron chi connectivity index (χ1n) is 0.716. The molecular weight excluding hydrogens is 169 g/mol. The van der Waals surface area contributed by atoms with Crippen molar-refractivity contribution in [2.45, 2.75) is 0 Å². The molecule has 4 heteroatoms. The predicted molar refractivity (Wildman–Crippen MR) is 31.5 cm³/mol. The van der Waals surface area contributed by atoms with E-state index in [1.54, 1.807) is 0 Å². The number of thiocarbonyl (C=S) groups is 1. The van der Waals surface area contributed by atoms with E-state index in [9.17, 15) is 0 Å². The van der Waals surface area contributed by atoms with Gasteiger partial charge >= 0.3 is 0 Å². The number of thiol groups is 1. The van der Waals surface area contributed by atoms with E-state index in [0.29, 0.717) is 0 Å². The minimum absolute atomic E-state index is 0. The molecule has 0 rings (SSSR count). The van der Waals surface area contributed by atoms with Crippen LogP contribution in [0.3, 0.4) is 0 Å². The van der Waals surface area contributed by atoms with Crippen molar-refractivity contribution in [1.29, 1.82) is 0 Å². The van der Waals surface area contributed by atoms with Crippen LogP contribution < -0.4 is 5.73 Å². The molecule has 0 aliphatic rings. The van der Waals surface area contributed by atoms with Gasteiger partial charge in [-0.1, -0.05) is 12.2 Å². The molecule has 0 heterocycles. The van der Waals surface area contributed by atoms with E-state index >= 15 is 0 Å². The van der Waals surface area contributed by atoms with E-state index in [1.807, 2.05) is 0 Å². The van der Waals surface area contributed by atoms with Gasteiger partial charge in [-0.15, -0.1) is 12.6 Å². The van der Waals surface area contributed by atoms with E-state index in [2.05, 4.69) is 24.8 Å². The molecule has 0 amide bonds. The maximum Gasteiger partial charge on any atom is 0.128 e. The summed E-state index contributed by atoms with van der Waals surface area (Å²) in [6.07, 6.45) is 0. The van der Waals surface area contributed by atoms with Gasteiger partial charge in [-0.2, -0.15) is 0 Å². The van der Waals surface area contributed by atoms with Crippen LogP contribution in [0.25, 0.3) is 0 Å². The van der Waals surface area contributed by atoms with Gasteiger partial charge < -0.3 is 5.73 Å². The van der Waals surface area contributed by atoms with Crippen molar-refractivity contribution in [3.05, 3.63) is 0 Å². The second-order valence-electron chi connectivity index (χ2n) is 0.338. The Kier molecular flexibility index (Phi) is 8.79. The smallest absolute Gasteiger partial charge is 0.128 e. The first-order chi connectivity index (χ1) is 1.73. The molecule has 0 aromatic heterocycles. The standard InChI is InChI=1S/CH3NS2.Se/c2-1(3)4;/h(H3,2,3,4);. The zero-order valence-electron chi connectivity index (χ0n) is 2.34. The van der Waals surface area contributed by atoms with Crippen molar-refractivity contribution in [2.75, 3.05) is 0 Å². The average Bonchev–Trinajstić information content (AvgIpc) is 0.811. The topological polar surface area (TPSA) is 26.0 Å². The summed E-state index contributed by atoms with van der Waals surface area (Å²) < 4.78 is 0.194. The molecule has 0 saturated heterocycles. The number of rotatable bonds is 0. The first-order valence-corrected chi connectivity index (χ1v) is 1.57. The maximum atomic E-state index is 4.71. The maximum absolute atomic E-state index is 4.71.